The molecule has 1 atom stereocenters. The van der Waals surface area contributed by atoms with Crippen molar-refractivity contribution in [1.29, 1.82) is 0 Å². The smallest absolute Gasteiger partial charge is 0.203 e. The van der Waals surface area contributed by atoms with Crippen LogP contribution in [0.4, 0.5) is 5.95 Å². The first-order valence-electron chi connectivity index (χ1n) is 6.86. The van der Waals surface area contributed by atoms with Gasteiger partial charge < -0.3 is 10.2 Å². The van der Waals surface area contributed by atoms with E-state index in [-0.39, 0.29) is 6.04 Å². The van der Waals surface area contributed by atoms with Crippen LogP contribution in [0, 0.1) is 0 Å². The molecule has 0 spiro atoms. The summed E-state index contributed by atoms with van der Waals surface area (Å²) in [7, 11) is 1.92. The number of hydrogen-bond donors (Lipinski definition) is 1. The van der Waals surface area contributed by atoms with Gasteiger partial charge in [0.15, 0.2) is 5.65 Å². The van der Waals surface area contributed by atoms with Crippen LogP contribution >= 0.6 is 0 Å². The predicted molar refractivity (Wildman–Crippen MR) is 77.4 cm³/mol. The van der Waals surface area contributed by atoms with Crippen LogP contribution in [-0.2, 0) is 13.5 Å². The summed E-state index contributed by atoms with van der Waals surface area (Å²) >= 11 is 0. The second-order valence-corrected chi connectivity index (χ2v) is 5.02. The Morgan fingerprint density at radius 1 is 1.45 bits per heavy atom. The summed E-state index contributed by atoms with van der Waals surface area (Å²) in [6.07, 6.45) is 3.61. The van der Waals surface area contributed by atoms with Crippen LogP contribution in [0.5, 0.6) is 0 Å². The van der Waals surface area contributed by atoms with Gasteiger partial charge in [0.05, 0.1) is 18.0 Å². The Morgan fingerprint density at radius 3 is 2.90 bits per heavy atom. The zero-order valence-electron chi connectivity index (χ0n) is 12.0. The molecule has 3 aromatic heterocycles. The topological polar surface area (TPSA) is 74.8 Å². The lowest BCUT2D eigenvalue weighted by Gasteiger charge is -2.13. The summed E-state index contributed by atoms with van der Waals surface area (Å²) in [5, 5.41) is 4.55. The van der Waals surface area contributed by atoms with Gasteiger partial charge in [0, 0.05) is 7.05 Å². The van der Waals surface area contributed by atoms with E-state index in [0.717, 1.165) is 35.5 Å². The number of anilines is 1. The lowest BCUT2D eigenvalue weighted by molar-refractivity contribution is 0.450. The third-order valence-electron chi connectivity index (χ3n) is 3.59. The van der Waals surface area contributed by atoms with Gasteiger partial charge >= 0.3 is 0 Å². The Kier molecular flexibility index (Phi) is 3.00. The monoisotopic (exact) mass is 273 g/mol. The molecule has 0 bridgehead atoms. The van der Waals surface area contributed by atoms with E-state index in [4.69, 9.17) is 10.2 Å². The number of rotatable bonds is 4. The van der Waals surface area contributed by atoms with Gasteiger partial charge in [-0.15, -0.1) is 0 Å². The number of hydrogen-bond acceptors (Lipinski definition) is 4. The van der Waals surface area contributed by atoms with Crippen molar-refractivity contribution in [3.8, 4) is 0 Å². The van der Waals surface area contributed by atoms with Crippen LogP contribution < -0.4 is 5.73 Å². The van der Waals surface area contributed by atoms with Gasteiger partial charge in [-0.1, -0.05) is 13.3 Å². The summed E-state index contributed by atoms with van der Waals surface area (Å²) in [6.45, 7) is 4.18. The number of nitrogens with zero attached hydrogens (tertiary/aromatic N) is 4. The van der Waals surface area contributed by atoms with Crippen molar-refractivity contribution in [3.63, 3.8) is 0 Å². The molecule has 3 aromatic rings. The van der Waals surface area contributed by atoms with Crippen LogP contribution in [0.3, 0.4) is 0 Å². The molecule has 0 fully saturated rings. The molecule has 2 N–H and O–H groups in total. The predicted octanol–water partition coefficient (Wildman–Crippen LogP) is 2.51. The molecule has 6 heteroatoms. The molecule has 1 unspecified atom stereocenters. The largest absolute Gasteiger partial charge is 0.467 e. The molecule has 0 amide bonds. The van der Waals surface area contributed by atoms with Gasteiger partial charge in [-0.25, -0.2) is 4.98 Å². The van der Waals surface area contributed by atoms with E-state index in [1.54, 1.807) is 6.26 Å². The minimum Gasteiger partial charge on any atom is -0.467 e. The first-order valence-corrected chi connectivity index (χ1v) is 6.86. The van der Waals surface area contributed by atoms with Gasteiger partial charge in [0.1, 0.15) is 11.3 Å². The average Bonchev–Trinajstić information content (AvgIpc) is 3.09. The van der Waals surface area contributed by atoms with E-state index >= 15 is 0 Å². The van der Waals surface area contributed by atoms with Gasteiger partial charge in [0.2, 0.25) is 5.95 Å². The molecule has 0 radical (unpaired) electrons. The zero-order chi connectivity index (χ0) is 14.3. The zero-order valence-corrected chi connectivity index (χ0v) is 12.0. The van der Waals surface area contributed by atoms with Crippen molar-refractivity contribution >= 4 is 17.1 Å². The van der Waals surface area contributed by atoms with Crippen LogP contribution in [0.15, 0.2) is 22.8 Å². The Balaban J connectivity index is 2.18. The molecular formula is C14H19N5O. The molecule has 3 rings (SSSR count). The second-order valence-electron chi connectivity index (χ2n) is 5.02. The first-order chi connectivity index (χ1) is 9.63. The third kappa shape index (κ3) is 1.79. The van der Waals surface area contributed by atoms with E-state index < -0.39 is 0 Å². The number of aromatic nitrogens is 4. The molecule has 0 aromatic carbocycles. The minimum atomic E-state index is -0.0140. The number of nitrogen functional groups attached to an aromatic ring is 1. The lowest BCUT2D eigenvalue weighted by atomic mass is 10.2. The van der Waals surface area contributed by atoms with E-state index in [2.05, 4.69) is 17.0 Å². The third-order valence-corrected chi connectivity index (χ3v) is 3.59. The standard InChI is InChI=1S/C14H19N5O/c1-4-6-10-12-13(18(3)17-10)19(14(15)16-12)9(2)11-7-5-8-20-11/h5,7-9H,4,6H2,1-3H3,(H2,15,16). The van der Waals surface area contributed by atoms with Crippen LogP contribution in [0.2, 0.25) is 0 Å². The fourth-order valence-electron chi connectivity index (χ4n) is 2.66. The Morgan fingerprint density at radius 2 is 2.25 bits per heavy atom. The maximum absolute atomic E-state index is 6.11. The maximum Gasteiger partial charge on any atom is 0.203 e. The average molecular weight is 273 g/mol. The Hall–Kier alpha value is -2.24. The molecule has 3 heterocycles. The van der Waals surface area contributed by atoms with Crippen molar-refractivity contribution < 1.29 is 4.42 Å². The van der Waals surface area contributed by atoms with Crippen LogP contribution in [0.1, 0.15) is 37.8 Å². The molecule has 106 valence electrons. The summed E-state index contributed by atoms with van der Waals surface area (Å²) in [5.41, 5.74) is 8.94. The highest BCUT2D eigenvalue weighted by molar-refractivity contribution is 5.78. The summed E-state index contributed by atoms with van der Waals surface area (Å²) in [4.78, 5) is 4.50. The summed E-state index contributed by atoms with van der Waals surface area (Å²) in [5.74, 6) is 1.35. The lowest BCUT2D eigenvalue weighted by Crippen LogP contribution is -2.12. The fourth-order valence-corrected chi connectivity index (χ4v) is 2.66. The number of furan rings is 1. The van der Waals surface area contributed by atoms with Gasteiger partial charge in [-0.3, -0.25) is 9.25 Å². The Labute approximate surface area is 117 Å². The van der Waals surface area contributed by atoms with Gasteiger partial charge in [0.25, 0.3) is 0 Å². The molecule has 0 aliphatic carbocycles. The molecule has 0 aliphatic heterocycles. The summed E-state index contributed by atoms with van der Waals surface area (Å²) in [6, 6.07) is 3.81. The van der Waals surface area contributed by atoms with Gasteiger partial charge in [-0.2, -0.15) is 5.10 Å². The highest BCUT2D eigenvalue weighted by Crippen LogP contribution is 2.29. The SMILES string of the molecule is CCCc1nn(C)c2c1nc(N)n2C(C)c1ccco1. The number of aryl methyl sites for hydroxylation is 2. The van der Waals surface area contributed by atoms with Crippen molar-refractivity contribution in [2.45, 2.75) is 32.7 Å². The Bertz CT molecular complexity index is 722. The molecular weight excluding hydrogens is 254 g/mol. The number of imidazole rings is 1. The van der Waals surface area contributed by atoms with E-state index in [0.29, 0.717) is 5.95 Å². The van der Waals surface area contributed by atoms with Crippen LogP contribution in [-0.4, -0.2) is 19.3 Å². The molecule has 6 nitrogen and oxygen atoms in total. The second kappa shape index (κ2) is 4.70. The number of fused-ring (bicyclic) bond motifs is 1. The molecule has 20 heavy (non-hydrogen) atoms. The molecule has 0 saturated heterocycles. The normalized spacial score (nSPS) is 13.2. The highest BCUT2D eigenvalue weighted by Gasteiger charge is 2.22. The van der Waals surface area contributed by atoms with Crippen molar-refractivity contribution in [2.24, 2.45) is 7.05 Å². The van der Waals surface area contributed by atoms with E-state index in [1.807, 2.05) is 35.4 Å². The molecule has 0 aliphatic rings. The van der Waals surface area contributed by atoms with E-state index in [9.17, 15) is 0 Å². The fraction of sp³-hybridized carbons (Fsp3) is 0.429. The first kappa shape index (κ1) is 12.8. The van der Waals surface area contributed by atoms with Gasteiger partial charge in [-0.05, 0) is 25.5 Å². The summed E-state index contributed by atoms with van der Waals surface area (Å²) < 4.78 is 9.31. The van der Waals surface area contributed by atoms with E-state index in [1.165, 1.54) is 0 Å². The van der Waals surface area contributed by atoms with Crippen molar-refractivity contribution in [1.82, 2.24) is 19.3 Å². The van der Waals surface area contributed by atoms with Crippen molar-refractivity contribution in [3.05, 3.63) is 29.9 Å². The minimum absolute atomic E-state index is 0.0140. The van der Waals surface area contributed by atoms with Crippen LogP contribution in [0.25, 0.3) is 11.2 Å². The molecule has 0 saturated carbocycles. The number of nitrogens with two attached hydrogens (primary N) is 1. The van der Waals surface area contributed by atoms with Crippen molar-refractivity contribution in [2.75, 3.05) is 5.73 Å². The quantitative estimate of drug-likeness (QED) is 0.792. The highest BCUT2D eigenvalue weighted by atomic mass is 16.3. The maximum atomic E-state index is 6.11.